The normalized spacial score (nSPS) is 16.7. The van der Waals surface area contributed by atoms with Gasteiger partial charge in [-0.2, -0.15) is 0 Å². The quantitative estimate of drug-likeness (QED) is 0.819. The van der Waals surface area contributed by atoms with E-state index in [2.05, 4.69) is 27.4 Å². The van der Waals surface area contributed by atoms with E-state index in [1.165, 1.54) is 0 Å². The molecule has 0 radical (unpaired) electrons. The van der Waals surface area contributed by atoms with Gasteiger partial charge in [-0.05, 0) is 50.5 Å². The molecule has 1 fully saturated rings. The van der Waals surface area contributed by atoms with Crippen molar-refractivity contribution < 1.29 is 4.79 Å². The number of nitrogens with one attached hydrogen (secondary N) is 2. The maximum atomic E-state index is 12.2. The maximum Gasteiger partial charge on any atom is 0.251 e. The first-order valence-electron chi connectivity index (χ1n) is 7.48. The van der Waals surface area contributed by atoms with Gasteiger partial charge in [-0.25, -0.2) is 4.98 Å². The van der Waals surface area contributed by atoms with Crippen molar-refractivity contribution in [1.82, 2.24) is 15.2 Å². The highest BCUT2D eigenvalue weighted by atomic mass is 35.5. The van der Waals surface area contributed by atoms with Gasteiger partial charge in [0.2, 0.25) is 0 Å². The van der Waals surface area contributed by atoms with E-state index in [0.717, 1.165) is 39.0 Å². The number of anilines is 1. The number of piperidine rings is 1. The van der Waals surface area contributed by atoms with Gasteiger partial charge in [0, 0.05) is 19.2 Å². The molecule has 1 saturated heterocycles. The topological polar surface area (TPSA) is 57.3 Å². The van der Waals surface area contributed by atoms with Crippen molar-refractivity contribution in [2.24, 2.45) is 5.92 Å². The summed E-state index contributed by atoms with van der Waals surface area (Å²) in [7, 11) is 1.75. The van der Waals surface area contributed by atoms with Crippen LogP contribution in [-0.2, 0) is 0 Å². The first-order chi connectivity index (χ1) is 10.1. The fourth-order valence-corrected chi connectivity index (χ4v) is 2.81. The van der Waals surface area contributed by atoms with Crippen LogP contribution in [0.1, 0.15) is 30.1 Å². The number of nitrogens with zero attached hydrogens (tertiary/aromatic N) is 2. The third kappa shape index (κ3) is 4.58. The fourth-order valence-electron chi connectivity index (χ4n) is 2.60. The largest absolute Gasteiger partial charge is 0.373 e. The van der Waals surface area contributed by atoms with Gasteiger partial charge in [0.05, 0.1) is 0 Å². The van der Waals surface area contributed by atoms with Crippen LogP contribution in [0.15, 0.2) is 12.1 Å². The molecule has 5 nitrogen and oxygen atoms in total. The second kappa shape index (κ2) is 7.61. The summed E-state index contributed by atoms with van der Waals surface area (Å²) < 4.78 is 0. The van der Waals surface area contributed by atoms with E-state index in [1.54, 1.807) is 19.2 Å². The van der Waals surface area contributed by atoms with E-state index in [0.29, 0.717) is 22.5 Å². The number of pyridine rings is 1. The smallest absolute Gasteiger partial charge is 0.251 e. The summed E-state index contributed by atoms with van der Waals surface area (Å²) in [5.74, 6) is 1.08. The molecule has 0 atom stereocenters. The molecule has 1 aliphatic heterocycles. The van der Waals surface area contributed by atoms with Crippen LogP contribution in [0.25, 0.3) is 0 Å². The van der Waals surface area contributed by atoms with Crippen LogP contribution in [-0.4, -0.2) is 49.0 Å². The molecule has 116 valence electrons. The van der Waals surface area contributed by atoms with Gasteiger partial charge >= 0.3 is 0 Å². The number of amides is 1. The molecule has 0 saturated carbocycles. The first kappa shape index (κ1) is 16.0. The van der Waals surface area contributed by atoms with Crippen LogP contribution in [0.2, 0.25) is 5.15 Å². The predicted octanol–water partition coefficient (Wildman–Crippen LogP) is 2.24. The van der Waals surface area contributed by atoms with Gasteiger partial charge in [-0.3, -0.25) is 4.79 Å². The number of carbonyl (C=O) groups is 1. The molecule has 1 aromatic heterocycles. The molecule has 0 aromatic carbocycles. The first-order valence-corrected chi connectivity index (χ1v) is 7.86. The van der Waals surface area contributed by atoms with Crippen LogP contribution in [0, 0.1) is 5.92 Å². The Hall–Kier alpha value is -1.33. The third-order valence-electron chi connectivity index (χ3n) is 4.02. The Kier molecular flexibility index (Phi) is 5.82. The van der Waals surface area contributed by atoms with Crippen LogP contribution in [0.3, 0.4) is 0 Å². The molecule has 0 bridgehead atoms. The Morgan fingerprint density at radius 2 is 2.14 bits per heavy atom. The van der Waals surface area contributed by atoms with E-state index in [-0.39, 0.29) is 5.91 Å². The molecular formula is C15H23ClN4O. The Balaban J connectivity index is 1.86. The molecule has 1 aliphatic rings. The summed E-state index contributed by atoms with van der Waals surface area (Å²) in [5, 5.41) is 6.23. The van der Waals surface area contributed by atoms with E-state index in [1.807, 2.05) is 0 Å². The lowest BCUT2D eigenvalue weighted by molar-refractivity contribution is 0.0937. The van der Waals surface area contributed by atoms with Crippen molar-refractivity contribution in [2.45, 2.75) is 19.8 Å². The Morgan fingerprint density at radius 1 is 1.43 bits per heavy atom. The Morgan fingerprint density at radius 3 is 2.76 bits per heavy atom. The van der Waals surface area contributed by atoms with Crippen molar-refractivity contribution in [3.05, 3.63) is 22.8 Å². The van der Waals surface area contributed by atoms with Gasteiger partial charge in [-0.1, -0.05) is 18.5 Å². The van der Waals surface area contributed by atoms with Gasteiger partial charge < -0.3 is 15.5 Å². The molecule has 6 heteroatoms. The lowest BCUT2D eigenvalue weighted by Gasteiger charge is -2.31. The standard InChI is InChI=1S/C15H23ClN4O/c1-3-20-6-4-11(5-7-20)10-18-15(21)12-8-13(16)19-14(9-12)17-2/h8-9,11H,3-7,10H2,1-2H3,(H,17,19)(H,18,21). The lowest BCUT2D eigenvalue weighted by atomic mass is 9.97. The van der Waals surface area contributed by atoms with Crippen molar-refractivity contribution in [3.8, 4) is 0 Å². The van der Waals surface area contributed by atoms with Gasteiger partial charge in [0.25, 0.3) is 5.91 Å². The van der Waals surface area contributed by atoms with Crippen molar-refractivity contribution in [2.75, 3.05) is 38.5 Å². The lowest BCUT2D eigenvalue weighted by Crippen LogP contribution is -2.38. The molecule has 2 heterocycles. The third-order valence-corrected chi connectivity index (χ3v) is 4.21. The number of likely N-dealkylation sites (tertiary alicyclic amines) is 1. The second-order valence-electron chi connectivity index (χ2n) is 5.40. The van der Waals surface area contributed by atoms with E-state index < -0.39 is 0 Å². The average Bonchev–Trinajstić information content (AvgIpc) is 2.52. The highest BCUT2D eigenvalue weighted by Crippen LogP contribution is 2.17. The minimum absolute atomic E-state index is 0.0891. The number of rotatable bonds is 5. The summed E-state index contributed by atoms with van der Waals surface area (Å²) in [6.07, 6.45) is 2.29. The number of aromatic nitrogens is 1. The molecule has 0 unspecified atom stereocenters. The highest BCUT2D eigenvalue weighted by Gasteiger charge is 2.19. The van der Waals surface area contributed by atoms with Crippen LogP contribution < -0.4 is 10.6 Å². The predicted molar refractivity (Wildman–Crippen MR) is 86.0 cm³/mol. The molecule has 21 heavy (non-hydrogen) atoms. The number of hydrogen-bond donors (Lipinski definition) is 2. The minimum atomic E-state index is -0.0891. The SMILES string of the molecule is CCN1CCC(CNC(=O)c2cc(Cl)nc(NC)c2)CC1. The zero-order valence-corrected chi connectivity index (χ0v) is 13.4. The monoisotopic (exact) mass is 310 g/mol. The van der Waals surface area contributed by atoms with Gasteiger partial charge in [0.15, 0.2) is 0 Å². The second-order valence-corrected chi connectivity index (χ2v) is 5.79. The molecule has 0 spiro atoms. The molecular weight excluding hydrogens is 288 g/mol. The fraction of sp³-hybridized carbons (Fsp3) is 0.600. The van der Waals surface area contributed by atoms with E-state index in [4.69, 9.17) is 11.6 Å². The van der Waals surface area contributed by atoms with E-state index >= 15 is 0 Å². The van der Waals surface area contributed by atoms with Crippen LogP contribution in [0.4, 0.5) is 5.82 Å². The van der Waals surface area contributed by atoms with Crippen molar-refractivity contribution in [3.63, 3.8) is 0 Å². The van der Waals surface area contributed by atoms with Crippen molar-refractivity contribution in [1.29, 1.82) is 0 Å². The summed E-state index contributed by atoms with van der Waals surface area (Å²) in [6, 6.07) is 3.30. The Bertz CT molecular complexity index is 487. The number of hydrogen-bond acceptors (Lipinski definition) is 4. The molecule has 2 N–H and O–H groups in total. The van der Waals surface area contributed by atoms with Crippen molar-refractivity contribution >= 4 is 23.3 Å². The van der Waals surface area contributed by atoms with Crippen LogP contribution in [0.5, 0.6) is 0 Å². The van der Waals surface area contributed by atoms with E-state index in [9.17, 15) is 4.79 Å². The van der Waals surface area contributed by atoms with Gasteiger partial charge in [0.1, 0.15) is 11.0 Å². The number of halogens is 1. The summed E-state index contributed by atoms with van der Waals surface area (Å²) in [4.78, 5) is 18.7. The molecule has 1 aromatic rings. The number of carbonyl (C=O) groups excluding carboxylic acids is 1. The summed E-state index contributed by atoms with van der Waals surface area (Å²) in [5.41, 5.74) is 0.547. The minimum Gasteiger partial charge on any atom is -0.373 e. The molecule has 1 amide bonds. The zero-order chi connectivity index (χ0) is 15.2. The maximum absolute atomic E-state index is 12.2. The molecule has 0 aliphatic carbocycles. The average molecular weight is 311 g/mol. The molecule has 2 rings (SSSR count). The zero-order valence-electron chi connectivity index (χ0n) is 12.7. The summed E-state index contributed by atoms with van der Waals surface area (Å²) >= 11 is 5.92. The highest BCUT2D eigenvalue weighted by molar-refractivity contribution is 6.29. The van der Waals surface area contributed by atoms with Gasteiger partial charge in [-0.15, -0.1) is 0 Å². The van der Waals surface area contributed by atoms with Crippen LogP contribution >= 0.6 is 11.6 Å². The Labute approximate surface area is 131 Å². The summed E-state index contributed by atoms with van der Waals surface area (Å²) in [6.45, 7) is 6.28.